The molecule has 0 bridgehead atoms. The highest BCUT2D eigenvalue weighted by molar-refractivity contribution is 6.10. The summed E-state index contributed by atoms with van der Waals surface area (Å²) < 4.78 is 0. The Morgan fingerprint density at radius 2 is 1.81 bits per heavy atom. The van der Waals surface area contributed by atoms with E-state index in [1.54, 1.807) is 6.92 Å². The molecule has 6 heteroatoms. The van der Waals surface area contributed by atoms with Crippen molar-refractivity contribution in [3.63, 3.8) is 0 Å². The number of aryl methyl sites for hydroxylation is 1. The number of fused-ring (bicyclic) bond motifs is 2. The Morgan fingerprint density at radius 1 is 1.06 bits per heavy atom. The van der Waals surface area contributed by atoms with Crippen molar-refractivity contribution in [2.24, 2.45) is 0 Å². The lowest BCUT2D eigenvalue weighted by Gasteiger charge is -2.27. The molecule has 6 nitrogen and oxygen atoms in total. The second-order valence-electron chi connectivity index (χ2n) is 8.68. The summed E-state index contributed by atoms with van der Waals surface area (Å²) in [5, 5.41) is 7.73. The number of imide groups is 1. The van der Waals surface area contributed by atoms with Gasteiger partial charge < -0.3 is 10.6 Å². The fraction of sp³-hybridized carbons (Fsp3) is 0.269. The Balaban J connectivity index is 1.36. The monoisotopic (exact) mass is 427 g/mol. The van der Waals surface area contributed by atoms with Crippen molar-refractivity contribution in [2.45, 2.75) is 37.8 Å². The lowest BCUT2D eigenvalue weighted by Crippen LogP contribution is -2.44. The molecule has 1 fully saturated rings. The molecule has 1 aliphatic carbocycles. The van der Waals surface area contributed by atoms with Crippen molar-refractivity contribution in [1.82, 2.24) is 15.5 Å². The lowest BCUT2D eigenvalue weighted by atomic mass is 9.87. The molecule has 1 heterocycles. The highest BCUT2D eigenvalue weighted by atomic mass is 16.2. The van der Waals surface area contributed by atoms with Crippen LogP contribution < -0.4 is 10.6 Å². The molecule has 3 aromatic carbocycles. The summed E-state index contributed by atoms with van der Waals surface area (Å²) in [7, 11) is 0. The molecule has 1 saturated heterocycles. The predicted octanol–water partition coefficient (Wildman–Crippen LogP) is 3.80. The first kappa shape index (κ1) is 20.2. The van der Waals surface area contributed by atoms with Gasteiger partial charge in [-0.3, -0.25) is 14.5 Å². The van der Waals surface area contributed by atoms with E-state index in [1.807, 2.05) is 60.7 Å². The van der Waals surface area contributed by atoms with E-state index in [0.29, 0.717) is 0 Å². The average Bonchev–Trinajstić information content (AvgIpc) is 3.02. The number of rotatable bonds is 4. The standard InChI is InChI=1S/C26H25N3O3/c1-26(21-14-6-10-17-8-2-4-12-19(17)21)24(31)29(25(32)28-26)16-23(30)27-22-15-7-11-18-9-3-5-13-20(18)22/h2-6,8-10,12-14,22H,7,11,15-16H2,1H3,(H,27,30)(H,28,32)/t22-,26+/m1/s1. The molecule has 32 heavy (non-hydrogen) atoms. The SMILES string of the molecule is C[C@@]1(c2cccc3ccccc23)NC(=O)N(CC(=O)N[C@@H]2CCCc3ccccc32)C1=O. The fourth-order valence-electron chi connectivity index (χ4n) is 4.97. The summed E-state index contributed by atoms with van der Waals surface area (Å²) in [6.45, 7) is 1.40. The van der Waals surface area contributed by atoms with Crippen LogP contribution in [-0.2, 0) is 21.5 Å². The van der Waals surface area contributed by atoms with Crippen LogP contribution in [0, 0.1) is 0 Å². The lowest BCUT2D eigenvalue weighted by molar-refractivity contribution is -0.135. The van der Waals surface area contributed by atoms with Crippen LogP contribution in [0.4, 0.5) is 4.79 Å². The molecule has 0 aromatic heterocycles. The molecule has 3 aromatic rings. The van der Waals surface area contributed by atoms with Crippen molar-refractivity contribution < 1.29 is 14.4 Å². The number of nitrogens with one attached hydrogen (secondary N) is 2. The van der Waals surface area contributed by atoms with Crippen LogP contribution in [0.3, 0.4) is 0 Å². The summed E-state index contributed by atoms with van der Waals surface area (Å²) in [4.78, 5) is 40.0. The molecule has 0 saturated carbocycles. The van der Waals surface area contributed by atoms with E-state index in [2.05, 4.69) is 16.7 Å². The van der Waals surface area contributed by atoms with Gasteiger partial charge in [0, 0.05) is 0 Å². The van der Waals surface area contributed by atoms with Gasteiger partial charge in [0.2, 0.25) is 5.91 Å². The maximum absolute atomic E-state index is 13.4. The van der Waals surface area contributed by atoms with Crippen LogP contribution in [0.1, 0.15) is 42.5 Å². The minimum atomic E-state index is -1.23. The summed E-state index contributed by atoms with van der Waals surface area (Å²) >= 11 is 0. The van der Waals surface area contributed by atoms with E-state index < -0.39 is 17.5 Å². The Morgan fingerprint density at radius 3 is 2.69 bits per heavy atom. The summed E-state index contributed by atoms with van der Waals surface area (Å²) in [5.41, 5.74) is 1.85. The van der Waals surface area contributed by atoms with Crippen LogP contribution in [-0.4, -0.2) is 29.3 Å². The molecule has 0 unspecified atom stereocenters. The molecule has 2 atom stereocenters. The molecule has 5 rings (SSSR count). The number of hydrogen-bond donors (Lipinski definition) is 2. The number of benzene rings is 3. The van der Waals surface area contributed by atoms with Gasteiger partial charge in [-0.25, -0.2) is 4.79 Å². The highest BCUT2D eigenvalue weighted by Gasteiger charge is 2.50. The molecular formula is C26H25N3O3. The first-order chi connectivity index (χ1) is 15.5. The summed E-state index contributed by atoms with van der Waals surface area (Å²) in [6.07, 6.45) is 2.83. The second kappa shape index (κ2) is 7.79. The molecule has 4 amide bonds. The minimum Gasteiger partial charge on any atom is -0.348 e. The molecule has 0 radical (unpaired) electrons. The molecule has 1 aliphatic heterocycles. The smallest absolute Gasteiger partial charge is 0.325 e. The van der Waals surface area contributed by atoms with Gasteiger partial charge in [-0.1, -0.05) is 66.7 Å². The molecule has 2 N–H and O–H groups in total. The van der Waals surface area contributed by atoms with Gasteiger partial charge in [-0.2, -0.15) is 0 Å². The zero-order valence-corrected chi connectivity index (χ0v) is 17.9. The van der Waals surface area contributed by atoms with E-state index >= 15 is 0 Å². The Kier molecular flexibility index (Phi) is 4.93. The highest BCUT2D eigenvalue weighted by Crippen LogP contribution is 2.34. The van der Waals surface area contributed by atoms with Crippen molar-refractivity contribution in [3.05, 3.63) is 83.4 Å². The van der Waals surface area contributed by atoms with Crippen LogP contribution in [0.5, 0.6) is 0 Å². The summed E-state index contributed by atoms with van der Waals surface area (Å²) in [5.74, 6) is -0.754. The number of nitrogens with zero attached hydrogens (tertiary/aromatic N) is 1. The number of carbonyl (C=O) groups is 3. The van der Waals surface area contributed by atoms with Gasteiger partial charge in [0.25, 0.3) is 5.91 Å². The largest absolute Gasteiger partial charge is 0.348 e. The third-order valence-electron chi connectivity index (χ3n) is 6.61. The van der Waals surface area contributed by atoms with Gasteiger partial charge in [-0.05, 0) is 53.6 Å². The Hall–Kier alpha value is -3.67. The third-order valence-corrected chi connectivity index (χ3v) is 6.61. The van der Waals surface area contributed by atoms with Gasteiger partial charge in [0.1, 0.15) is 12.1 Å². The minimum absolute atomic E-state index is 0.0994. The van der Waals surface area contributed by atoms with Crippen LogP contribution in [0.25, 0.3) is 10.8 Å². The summed E-state index contributed by atoms with van der Waals surface area (Å²) in [6, 6.07) is 20.9. The molecular weight excluding hydrogens is 402 g/mol. The topological polar surface area (TPSA) is 78.5 Å². The average molecular weight is 428 g/mol. The Bertz CT molecular complexity index is 1230. The normalized spacial score (nSPS) is 22.5. The maximum atomic E-state index is 13.4. The quantitative estimate of drug-likeness (QED) is 0.622. The van der Waals surface area contributed by atoms with Crippen molar-refractivity contribution >= 4 is 28.6 Å². The van der Waals surface area contributed by atoms with Crippen LogP contribution >= 0.6 is 0 Å². The third kappa shape index (κ3) is 3.32. The molecule has 2 aliphatic rings. The Labute approximate surface area is 186 Å². The zero-order valence-electron chi connectivity index (χ0n) is 17.9. The fourth-order valence-corrected chi connectivity index (χ4v) is 4.97. The van der Waals surface area contributed by atoms with Gasteiger partial charge in [0.15, 0.2) is 0 Å². The van der Waals surface area contributed by atoms with E-state index in [1.165, 1.54) is 5.56 Å². The van der Waals surface area contributed by atoms with Gasteiger partial charge in [0.05, 0.1) is 6.04 Å². The van der Waals surface area contributed by atoms with Crippen LogP contribution in [0.2, 0.25) is 0 Å². The molecule has 0 spiro atoms. The number of urea groups is 1. The first-order valence-electron chi connectivity index (χ1n) is 11.0. The molecule has 162 valence electrons. The maximum Gasteiger partial charge on any atom is 0.325 e. The van der Waals surface area contributed by atoms with E-state index in [-0.39, 0.29) is 18.5 Å². The van der Waals surface area contributed by atoms with E-state index in [4.69, 9.17) is 0 Å². The van der Waals surface area contributed by atoms with Gasteiger partial charge in [-0.15, -0.1) is 0 Å². The van der Waals surface area contributed by atoms with Crippen molar-refractivity contribution in [1.29, 1.82) is 0 Å². The second-order valence-corrected chi connectivity index (χ2v) is 8.68. The van der Waals surface area contributed by atoms with E-state index in [0.717, 1.165) is 46.1 Å². The first-order valence-corrected chi connectivity index (χ1v) is 11.0. The van der Waals surface area contributed by atoms with Crippen molar-refractivity contribution in [2.75, 3.05) is 6.54 Å². The predicted molar refractivity (Wildman–Crippen MR) is 122 cm³/mol. The van der Waals surface area contributed by atoms with Gasteiger partial charge >= 0.3 is 6.03 Å². The zero-order chi connectivity index (χ0) is 22.3. The number of amides is 4. The van der Waals surface area contributed by atoms with Crippen molar-refractivity contribution in [3.8, 4) is 0 Å². The van der Waals surface area contributed by atoms with E-state index in [9.17, 15) is 14.4 Å². The van der Waals surface area contributed by atoms with Crippen LogP contribution in [0.15, 0.2) is 66.7 Å². The number of carbonyl (C=O) groups excluding carboxylic acids is 3. The number of hydrogen-bond acceptors (Lipinski definition) is 3.